The molecule has 0 spiro atoms. The summed E-state index contributed by atoms with van der Waals surface area (Å²) in [5.41, 5.74) is 1.33. The Balaban J connectivity index is 1.73. The lowest BCUT2D eigenvalue weighted by atomic mass is 10.1. The molecular weight excluding hydrogens is 276 g/mol. The van der Waals surface area contributed by atoms with Crippen LogP contribution in [0.4, 0.5) is 0 Å². The minimum Gasteiger partial charge on any atom is -0.333 e. The molecule has 5 nitrogen and oxygen atoms in total. The van der Waals surface area contributed by atoms with Crippen molar-refractivity contribution < 1.29 is 4.79 Å². The lowest BCUT2D eigenvalue weighted by Crippen LogP contribution is -2.46. The maximum Gasteiger partial charge on any atom is 0.274 e. The molecule has 2 aliphatic heterocycles. The Morgan fingerprint density at radius 1 is 1.09 bits per heavy atom. The summed E-state index contributed by atoms with van der Waals surface area (Å²) in [6, 6.07) is 0.330. The fraction of sp³-hybridized carbons (Fsp3) is 0.706. The number of nitrogens with zero attached hydrogens (tertiary/aromatic N) is 4. The summed E-state index contributed by atoms with van der Waals surface area (Å²) in [6.45, 7) is 6.13. The molecule has 22 heavy (non-hydrogen) atoms. The van der Waals surface area contributed by atoms with Crippen LogP contribution in [0.15, 0.2) is 12.4 Å². The van der Waals surface area contributed by atoms with Gasteiger partial charge in [-0.15, -0.1) is 0 Å². The summed E-state index contributed by atoms with van der Waals surface area (Å²) < 4.78 is 0. The number of aromatic nitrogens is 2. The molecule has 1 aromatic rings. The highest BCUT2D eigenvalue weighted by molar-refractivity contribution is 5.92. The molecule has 1 aromatic heterocycles. The lowest BCUT2D eigenvalue weighted by molar-refractivity contribution is 0.0636. The van der Waals surface area contributed by atoms with Gasteiger partial charge in [-0.1, -0.05) is 12.8 Å². The first-order valence-electron chi connectivity index (χ1n) is 8.56. The monoisotopic (exact) mass is 302 g/mol. The van der Waals surface area contributed by atoms with E-state index < -0.39 is 0 Å². The van der Waals surface area contributed by atoms with E-state index in [1.54, 1.807) is 12.4 Å². The van der Waals surface area contributed by atoms with Gasteiger partial charge < -0.3 is 9.80 Å². The second-order valence-electron chi connectivity index (χ2n) is 6.55. The van der Waals surface area contributed by atoms with Crippen LogP contribution in [-0.2, 0) is 0 Å². The second-order valence-corrected chi connectivity index (χ2v) is 6.55. The first kappa shape index (κ1) is 15.4. The Bertz CT molecular complexity index is 496. The van der Waals surface area contributed by atoms with E-state index in [0.717, 1.165) is 31.6 Å². The van der Waals surface area contributed by atoms with Gasteiger partial charge in [0.15, 0.2) is 0 Å². The summed E-state index contributed by atoms with van der Waals surface area (Å²) in [4.78, 5) is 25.9. The molecule has 3 rings (SSSR count). The van der Waals surface area contributed by atoms with E-state index in [2.05, 4.69) is 19.8 Å². The zero-order valence-corrected chi connectivity index (χ0v) is 13.5. The third-order valence-electron chi connectivity index (χ3n) is 4.81. The predicted molar refractivity (Wildman–Crippen MR) is 85.7 cm³/mol. The number of hydrogen-bond acceptors (Lipinski definition) is 4. The van der Waals surface area contributed by atoms with Gasteiger partial charge in [-0.2, -0.15) is 0 Å². The molecule has 2 fully saturated rings. The van der Waals surface area contributed by atoms with Crippen molar-refractivity contribution in [2.45, 2.75) is 51.5 Å². The molecule has 1 amide bonds. The standard InChI is InChI=1S/C17H26N4O/c1-14-11-19-16(12-18-14)17(22)21-10-4-2-3-7-15(21)13-20-8-5-6-9-20/h11-12,15H,2-10,13H2,1H3/t15-/m1/s1. The third kappa shape index (κ3) is 3.64. The molecule has 0 aliphatic carbocycles. The number of carbonyl (C=O) groups is 1. The largest absolute Gasteiger partial charge is 0.333 e. The number of aryl methyl sites for hydroxylation is 1. The molecule has 1 atom stereocenters. The van der Waals surface area contributed by atoms with Gasteiger partial charge in [0.1, 0.15) is 5.69 Å². The molecule has 3 heterocycles. The van der Waals surface area contributed by atoms with Crippen LogP contribution in [-0.4, -0.2) is 57.9 Å². The predicted octanol–water partition coefficient (Wildman–Crippen LogP) is 2.27. The van der Waals surface area contributed by atoms with E-state index in [-0.39, 0.29) is 5.91 Å². The van der Waals surface area contributed by atoms with Crippen LogP contribution in [0.25, 0.3) is 0 Å². The summed E-state index contributed by atoms with van der Waals surface area (Å²) in [5.74, 6) is 0.0543. The van der Waals surface area contributed by atoms with Crippen molar-refractivity contribution >= 4 is 5.91 Å². The Morgan fingerprint density at radius 2 is 1.86 bits per heavy atom. The van der Waals surface area contributed by atoms with Crippen molar-refractivity contribution in [2.75, 3.05) is 26.2 Å². The van der Waals surface area contributed by atoms with Gasteiger partial charge in [0, 0.05) is 25.3 Å². The molecule has 0 unspecified atom stereocenters. The van der Waals surface area contributed by atoms with E-state index in [1.165, 1.54) is 38.8 Å². The van der Waals surface area contributed by atoms with Crippen molar-refractivity contribution in [1.29, 1.82) is 0 Å². The Morgan fingerprint density at radius 3 is 2.59 bits per heavy atom. The van der Waals surface area contributed by atoms with Crippen molar-refractivity contribution in [3.63, 3.8) is 0 Å². The molecule has 0 radical (unpaired) electrons. The van der Waals surface area contributed by atoms with Crippen LogP contribution >= 0.6 is 0 Å². The highest BCUT2D eigenvalue weighted by Crippen LogP contribution is 2.21. The molecule has 2 aliphatic rings. The fourth-order valence-corrected chi connectivity index (χ4v) is 3.55. The van der Waals surface area contributed by atoms with Crippen LogP contribution < -0.4 is 0 Å². The van der Waals surface area contributed by atoms with E-state index in [9.17, 15) is 4.79 Å². The molecule has 5 heteroatoms. The van der Waals surface area contributed by atoms with Crippen molar-refractivity contribution in [3.8, 4) is 0 Å². The minimum absolute atomic E-state index is 0.0543. The van der Waals surface area contributed by atoms with E-state index in [0.29, 0.717) is 11.7 Å². The van der Waals surface area contributed by atoms with Crippen molar-refractivity contribution in [2.24, 2.45) is 0 Å². The van der Waals surface area contributed by atoms with Gasteiger partial charge in [-0.3, -0.25) is 9.78 Å². The summed E-state index contributed by atoms with van der Waals surface area (Å²) in [5, 5.41) is 0. The van der Waals surface area contributed by atoms with E-state index in [1.807, 2.05) is 6.92 Å². The van der Waals surface area contributed by atoms with Gasteiger partial charge in [0.05, 0.1) is 11.9 Å². The average Bonchev–Trinajstić information content (AvgIpc) is 2.92. The van der Waals surface area contributed by atoms with Crippen LogP contribution in [0.5, 0.6) is 0 Å². The van der Waals surface area contributed by atoms with Crippen LogP contribution in [0.2, 0.25) is 0 Å². The maximum absolute atomic E-state index is 12.9. The van der Waals surface area contributed by atoms with E-state index >= 15 is 0 Å². The topological polar surface area (TPSA) is 49.3 Å². The Hall–Kier alpha value is -1.49. The quantitative estimate of drug-likeness (QED) is 0.859. The van der Waals surface area contributed by atoms with Crippen LogP contribution in [0.1, 0.15) is 54.7 Å². The SMILES string of the molecule is Cc1cnc(C(=O)N2CCCCC[C@@H]2CN2CCCC2)cn1. The average molecular weight is 302 g/mol. The number of amides is 1. The van der Waals surface area contributed by atoms with Crippen LogP contribution in [0, 0.1) is 6.92 Å². The van der Waals surface area contributed by atoms with Crippen LogP contribution in [0.3, 0.4) is 0 Å². The summed E-state index contributed by atoms with van der Waals surface area (Å²) >= 11 is 0. The summed E-state index contributed by atoms with van der Waals surface area (Å²) in [6.07, 6.45) is 10.6. The van der Waals surface area contributed by atoms with Gasteiger partial charge in [0.25, 0.3) is 5.91 Å². The van der Waals surface area contributed by atoms with E-state index in [4.69, 9.17) is 0 Å². The molecule has 2 saturated heterocycles. The van der Waals surface area contributed by atoms with Gasteiger partial charge in [-0.05, 0) is 45.7 Å². The number of likely N-dealkylation sites (tertiary alicyclic amines) is 2. The number of rotatable bonds is 3. The van der Waals surface area contributed by atoms with Gasteiger partial charge in [-0.25, -0.2) is 4.98 Å². The second kappa shape index (κ2) is 7.18. The first-order valence-corrected chi connectivity index (χ1v) is 8.56. The fourth-order valence-electron chi connectivity index (χ4n) is 3.55. The lowest BCUT2D eigenvalue weighted by Gasteiger charge is -2.32. The number of hydrogen-bond donors (Lipinski definition) is 0. The molecular formula is C17H26N4O. The Labute approximate surface area is 132 Å². The summed E-state index contributed by atoms with van der Waals surface area (Å²) in [7, 11) is 0. The Kier molecular flexibility index (Phi) is 5.03. The first-order chi connectivity index (χ1) is 10.7. The van der Waals surface area contributed by atoms with Crippen molar-refractivity contribution in [1.82, 2.24) is 19.8 Å². The highest BCUT2D eigenvalue weighted by Gasteiger charge is 2.29. The minimum atomic E-state index is 0.0543. The molecule has 0 N–H and O–H groups in total. The zero-order chi connectivity index (χ0) is 15.4. The smallest absolute Gasteiger partial charge is 0.274 e. The molecule has 0 bridgehead atoms. The third-order valence-corrected chi connectivity index (χ3v) is 4.81. The highest BCUT2D eigenvalue weighted by atomic mass is 16.2. The van der Waals surface area contributed by atoms with Crippen molar-refractivity contribution in [3.05, 3.63) is 23.8 Å². The molecule has 0 saturated carbocycles. The normalized spacial score (nSPS) is 23.5. The zero-order valence-electron chi connectivity index (χ0n) is 13.5. The molecule has 0 aromatic carbocycles. The van der Waals surface area contributed by atoms with Gasteiger partial charge >= 0.3 is 0 Å². The molecule has 120 valence electrons. The maximum atomic E-state index is 12.9. The number of carbonyl (C=O) groups excluding carboxylic acids is 1. The van der Waals surface area contributed by atoms with Gasteiger partial charge in [0.2, 0.25) is 0 Å².